The standard InChI is InChI=1S/C20H18N4O2/c1-25-16-10-6-5-9-15(16)18-17-19(22-13-23-20(17)26-24-18)21-12-11-14-7-3-2-4-8-14/h2-10,13H,11-12H2,1H3,(H,21,22,23). The molecular weight excluding hydrogens is 328 g/mol. The molecule has 0 atom stereocenters. The van der Waals surface area contributed by atoms with Gasteiger partial charge in [0.15, 0.2) is 0 Å². The molecule has 6 nitrogen and oxygen atoms in total. The van der Waals surface area contributed by atoms with Crippen molar-refractivity contribution in [3.63, 3.8) is 0 Å². The van der Waals surface area contributed by atoms with Crippen molar-refractivity contribution in [2.45, 2.75) is 6.42 Å². The van der Waals surface area contributed by atoms with E-state index in [2.05, 4.69) is 32.6 Å². The Balaban J connectivity index is 1.66. The highest BCUT2D eigenvalue weighted by molar-refractivity contribution is 5.98. The summed E-state index contributed by atoms with van der Waals surface area (Å²) in [7, 11) is 1.64. The molecule has 0 radical (unpaired) electrons. The van der Waals surface area contributed by atoms with Crippen LogP contribution in [0.1, 0.15) is 5.56 Å². The van der Waals surface area contributed by atoms with Crippen molar-refractivity contribution in [3.8, 4) is 17.0 Å². The summed E-state index contributed by atoms with van der Waals surface area (Å²) >= 11 is 0. The number of nitrogens with zero attached hydrogens (tertiary/aromatic N) is 3. The Labute approximate surface area is 150 Å². The van der Waals surface area contributed by atoms with E-state index in [9.17, 15) is 0 Å². The first kappa shape index (κ1) is 16.1. The number of anilines is 1. The molecule has 4 aromatic rings. The van der Waals surface area contributed by atoms with E-state index in [-0.39, 0.29) is 0 Å². The van der Waals surface area contributed by atoms with Crippen LogP contribution in [0.4, 0.5) is 5.82 Å². The zero-order valence-electron chi connectivity index (χ0n) is 14.3. The Kier molecular flexibility index (Phi) is 4.47. The average molecular weight is 346 g/mol. The van der Waals surface area contributed by atoms with Crippen molar-refractivity contribution in [2.75, 3.05) is 19.0 Å². The van der Waals surface area contributed by atoms with Crippen LogP contribution >= 0.6 is 0 Å². The number of methoxy groups -OCH3 is 1. The lowest BCUT2D eigenvalue weighted by Gasteiger charge is -2.08. The minimum absolute atomic E-state index is 0.447. The predicted octanol–water partition coefficient (Wildman–Crippen LogP) is 3.95. The third kappa shape index (κ3) is 3.09. The van der Waals surface area contributed by atoms with Gasteiger partial charge in [-0.1, -0.05) is 47.6 Å². The second-order valence-corrected chi connectivity index (χ2v) is 5.80. The number of benzene rings is 2. The molecule has 2 aromatic carbocycles. The quantitative estimate of drug-likeness (QED) is 0.570. The van der Waals surface area contributed by atoms with E-state index in [1.54, 1.807) is 7.11 Å². The van der Waals surface area contributed by atoms with Crippen LogP contribution in [0.2, 0.25) is 0 Å². The van der Waals surface area contributed by atoms with Crippen molar-refractivity contribution in [3.05, 3.63) is 66.5 Å². The summed E-state index contributed by atoms with van der Waals surface area (Å²) in [4.78, 5) is 8.58. The third-order valence-corrected chi connectivity index (χ3v) is 4.18. The molecule has 26 heavy (non-hydrogen) atoms. The lowest BCUT2D eigenvalue weighted by molar-refractivity contribution is 0.414. The fourth-order valence-electron chi connectivity index (χ4n) is 2.91. The van der Waals surface area contributed by atoms with Gasteiger partial charge in [-0.3, -0.25) is 0 Å². The van der Waals surface area contributed by atoms with Gasteiger partial charge in [0.1, 0.15) is 29.0 Å². The molecule has 0 aliphatic rings. The highest BCUT2D eigenvalue weighted by atomic mass is 16.5. The van der Waals surface area contributed by atoms with E-state index < -0.39 is 0 Å². The largest absolute Gasteiger partial charge is 0.496 e. The van der Waals surface area contributed by atoms with Crippen molar-refractivity contribution < 1.29 is 9.26 Å². The predicted molar refractivity (Wildman–Crippen MR) is 100 cm³/mol. The van der Waals surface area contributed by atoms with Gasteiger partial charge in [0.2, 0.25) is 0 Å². The summed E-state index contributed by atoms with van der Waals surface area (Å²) < 4.78 is 10.9. The van der Waals surface area contributed by atoms with Gasteiger partial charge < -0.3 is 14.6 Å². The van der Waals surface area contributed by atoms with Crippen LogP contribution in [-0.2, 0) is 6.42 Å². The Morgan fingerprint density at radius 2 is 1.81 bits per heavy atom. The maximum atomic E-state index is 5.45. The molecule has 0 saturated carbocycles. The van der Waals surface area contributed by atoms with Crippen LogP contribution in [0.3, 0.4) is 0 Å². The number of para-hydroxylation sites is 1. The van der Waals surface area contributed by atoms with Gasteiger partial charge >= 0.3 is 0 Å². The zero-order chi connectivity index (χ0) is 17.8. The Morgan fingerprint density at radius 1 is 1.00 bits per heavy atom. The Bertz CT molecular complexity index is 1010. The summed E-state index contributed by atoms with van der Waals surface area (Å²) in [6.45, 7) is 0.743. The lowest BCUT2D eigenvalue weighted by Crippen LogP contribution is -2.07. The number of fused-ring (bicyclic) bond motifs is 1. The van der Waals surface area contributed by atoms with E-state index in [1.807, 2.05) is 42.5 Å². The molecule has 0 saturated heterocycles. The van der Waals surface area contributed by atoms with E-state index in [0.29, 0.717) is 17.2 Å². The van der Waals surface area contributed by atoms with Crippen molar-refractivity contribution in [2.24, 2.45) is 0 Å². The average Bonchev–Trinajstić information content (AvgIpc) is 3.13. The normalized spacial score (nSPS) is 10.8. The number of hydrogen-bond acceptors (Lipinski definition) is 6. The van der Waals surface area contributed by atoms with Gasteiger partial charge in [0.25, 0.3) is 5.71 Å². The van der Waals surface area contributed by atoms with Crippen molar-refractivity contribution >= 4 is 16.9 Å². The molecule has 2 heterocycles. The van der Waals surface area contributed by atoms with Crippen LogP contribution in [0.15, 0.2) is 65.4 Å². The second kappa shape index (κ2) is 7.23. The highest BCUT2D eigenvalue weighted by Crippen LogP contribution is 2.36. The summed E-state index contributed by atoms with van der Waals surface area (Å²) in [6.07, 6.45) is 2.37. The van der Waals surface area contributed by atoms with Crippen LogP contribution in [0, 0.1) is 0 Å². The number of aromatic nitrogens is 3. The Morgan fingerprint density at radius 3 is 2.65 bits per heavy atom. The highest BCUT2D eigenvalue weighted by Gasteiger charge is 2.19. The van der Waals surface area contributed by atoms with Crippen LogP contribution < -0.4 is 10.1 Å². The lowest BCUT2D eigenvalue weighted by atomic mass is 10.1. The first-order valence-electron chi connectivity index (χ1n) is 8.38. The van der Waals surface area contributed by atoms with Gasteiger partial charge in [-0.15, -0.1) is 0 Å². The molecule has 0 bridgehead atoms. The Hall–Kier alpha value is -3.41. The molecule has 0 fully saturated rings. The maximum absolute atomic E-state index is 5.45. The van der Waals surface area contributed by atoms with E-state index in [1.165, 1.54) is 11.9 Å². The third-order valence-electron chi connectivity index (χ3n) is 4.18. The van der Waals surface area contributed by atoms with Gasteiger partial charge in [0.05, 0.1) is 7.11 Å². The number of rotatable bonds is 6. The maximum Gasteiger partial charge on any atom is 0.263 e. The molecule has 0 unspecified atom stereocenters. The molecule has 0 spiro atoms. The molecule has 2 aromatic heterocycles. The first-order chi connectivity index (χ1) is 12.9. The fraction of sp³-hybridized carbons (Fsp3) is 0.150. The number of nitrogens with one attached hydrogen (secondary N) is 1. The smallest absolute Gasteiger partial charge is 0.263 e. The zero-order valence-corrected chi connectivity index (χ0v) is 14.3. The molecule has 1 N–H and O–H groups in total. The monoisotopic (exact) mass is 346 g/mol. The molecule has 0 amide bonds. The minimum Gasteiger partial charge on any atom is -0.496 e. The van der Waals surface area contributed by atoms with Crippen LogP contribution in [-0.4, -0.2) is 28.8 Å². The fourth-order valence-corrected chi connectivity index (χ4v) is 2.91. The SMILES string of the molecule is COc1ccccc1-c1noc2ncnc(NCCc3ccccc3)c12. The van der Waals surface area contributed by atoms with Crippen molar-refractivity contribution in [1.29, 1.82) is 0 Å². The van der Waals surface area contributed by atoms with Gasteiger partial charge in [-0.2, -0.15) is 4.98 Å². The summed E-state index contributed by atoms with van der Waals surface area (Å²) in [5.74, 6) is 1.43. The van der Waals surface area contributed by atoms with E-state index >= 15 is 0 Å². The second-order valence-electron chi connectivity index (χ2n) is 5.80. The summed E-state index contributed by atoms with van der Waals surface area (Å²) in [5.41, 5.74) is 3.22. The summed E-state index contributed by atoms with van der Waals surface area (Å²) in [6, 6.07) is 18.0. The first-order valence-corrected chi connectivity index (χ1v) is 8.38. The summed E-state index contributed by atoms with van der Waals surface area (Å²) in [5, 5.41) is 8.34. The molecule has 0 aliphatic carbocycles. The number of ether oxygens (including phenoxy) is 1. The van der Waals surface area contributed by atoms with Crippen LogP contribution in [0.25, 0.3) is 22.4 Å². The molecule has 4 rings (SSSR count). The van der Waals surface area contributed by atoms with Crippen LogP contribution in [0.5, 0.6) is 5.75 Å². The molecular formula is C20H18N4O2. The topological polar surface area (TPSA) is 73.1 Å². The van der Waals surface area contributed by atoms with E-state index in [0.717, 1.165) is 29.7 Å². The molecule has 0 aliphatic heterocycles. The van der Waals surface area contributed by atoms with Gasteiger partial charge in [0, 0.05) is 12.1 Å². The molecule has 6 heteroatoms. The van der Waals surface area contributed by atoms with Crippen molar-refractivity contribution in [1.82, 2.24) is 15.1 Å². The minimum atomic E-state index is 0.447. The molecule has 130 valence electrons. The van der Waals surface area contributed by atoms with E-state index in [4.69, 9.17) is 9.26 Å². The van der Waals surface area contributed by atoms with Gasteiger partial charge in [-0.05, 0) is 24.1 Å². The van der Waals surface area contributed by atoms with Gasteiger partial charge in [-0.25, -0.2) is 4.98 Å². The number of hydrogen-bond donors (Lipinski definition) is 1.